The van der Waals surface area contributed by atoms with Gasteiger partial charge in [-0.05, 0) is 24.1 Å². The molecule has 0 radical (unpaired) electrons. The third-order valence-corrected chi connectivity index (χ3v) is 3.36. The molecule has 3 heteroatoms. The van der Waals surface area contributed by atoms with Gasteiger partial charge >= 0.3 is 0 Å². The molecule has 1 aromatic heterocycles. The molecule has 0 aliphatic rings. The number of hydrogen-bond donors (Lipinski definition) is 1. The van der Waals surface area contributed by atoms with Crippen LogP contribution in [0.5, 0.6) is 0 Å². The van der Waals surface area contributed by atoms with Crippen molar-refractivity contribution in [2.75, 3.05) is 0 Å². The summed E-state index contributed by atoms with van der Waals surface area (Å²) < 4.78 is 1.89. The summed E-state index contributed by atoms with van der Waals surface area (Å²) in [6, 6.07) is 18.3. The molecule has 0 saturated heterocycles. The Morgan fingerprint density at radius 2 is 1.65 bits per heavy atom. The maximum atomic E-state index is 6.03. The van der Waals surface area contributed by atoms with Gasteiger partial charge in [-0.1, -0.05) is 48.5 Å². The standard InChI is InChI=1S/C17H17N3/c1-13(18)16-9-5-6-10-17(16)20-12-15(11-19-20)14-7-3-2-4-8-14/h2-13H,18H2,1H3/t13-/m1/s1. The van der Waals surface area contributed by atoms with Gasteiger partial charge in [0, 0.05) is 17.8 Å². The average Bonchev–Trinajstić information content (AvgIpc) is 2.98. The van der Waals surface area contributed by atoms with E-state index in [0.717, 1.165) is 22.4 Å². The fourth-order valence-corrected chi connectivity index (χ4v) is 2.32. The van der Waals surface area contributed by atoms with Gasteiger partial charge in [-0.3, -0.25) is 0 Å². The Kier molecular flexibility index (Phi) is 3.35. The quantitative estimate of drug-likeness (QED) is 0.785. The molecule has 3 nitrogen and oxygen atoms in total. The summed E-state index contributed by atoms with van der Waals surface area (Å²) in [5.74, 6) is 0. The molecule has 20 heavy (non-hydrogen) atoms. The zero-order valence-corrected chi connectivity index (χ0v) is 11.4. The second-order valence-electron chi connectivity index (χ2n) is 4.89. The average molecular weight is 263 g/mol. The topological polar surface area (TPSA) is 43.8 Å². The minimum Gasteiger partial charge on any atom is -0.324 e. The number of nitrogens with two attached hydrogens (primary N) is 1. The first kappa shape index (κ1) is 12.6. The molecular weight excluding hydrogens is 246 g/mol. The van der Waals surface area contributed by atoms with Gasteiger partial charge in [-0.15, -0.1) is 0 Å². The first-order valence-corrected chi connectivity index (χ1v) is 6.70. The summed E-state index contributed by atoms with van der Waals surface area (Å²) in [5.41, 5.74) is 10.4. The van der Waals surface area contributed by atoms with Gasteiger partial charge in [0.2, 0.25) is 0 Å². The van der Waals surface area contributed by atoms with E-state index >= 15 is 0 Å². The van der Waals surface area contributed by atoms with Crippen molar-refractivity contribution in [3.05, 3.63) is 72.6 Å². The van der Waals surface area contributed by atoms with Crippen LogP contribution in [0.1, 0.15) is 18.5 Å². The fraction of sp³-hybridized carbons (Fsp3) is 0.118. The molecule has 3 aromatic rings. The molecule has 0 bridgehead atoms. The Morgan fingerprint density at radius 1 is 0.950 bits per heavy atom. The van der Waals surface area contributed by atoms with E-state index in [0.29, 0.717) is 0 Å². The Hall–Kier alpha value is -2.39. The predicted molar refractivity (Wildman–Crippen MR) is 81.6 cm³/mol. The van der Waals surface area contributed by atoms with Crippen LogP contribution in [-0.4, -0.2) is 9.78 Å². The van der Waals surface area contributed by atoms with Crippen molar-refractivity contribution in [3.8, 4) is 16.8 Å². The SMILES string of the molecule is C[C@@H](N)c1ccccc1-n1cc(-c2ccccc2)cn1. The van der Waals surface area contributed by atoms with Crippen LogP contribution in [0.3, 0.4) is 0 Å². The molecule has 1 heterocycles. The summed E-state index contributed by atoms with van der Waals surface area (Å²) in [4.78, 5) is 0. The molecule has 0 unspecified atom stereocenters. The Balaban J connectivity index is 2.03. The highest BCUT2D eigenvalue weighted by Crippen LogP contribution is 2.23. The van der Waals surface area contributed by atoms with Crippen molar-refractivity contribution >= 4 is 0 Å². The molecule has 3 rings (SSSR count). The minimum absolute atomic E-state index is 0.0180. The van der Waals surface area contributed by atoms with E-state index < -0.39 is 0 Å². The summed E-state index contributed by atoms with van der Waals surface area (Å²) in [6.07, 6.45) is 3.92. The van der Waals surface area contributed by atoms with Crippen molar-refractivity contribution in [1.29, 1.82) is 0 Å². The second-order valence-corrected chi connectivity index (χ2v) is 4.89. The monoisotopic (exact) mass is 263 g/mol. The van der Waals surface area contributed by atoms with E-state index in [1.165, 1.54) is 0 Å². The van der Waals surface area contributed by atoms with E-state index in [4.69, 9.17) is 5.73 Å². The van der Waals surface area contributed by atoms with Crippen molar-refractivity contribution in [2.45, 2.75) is 13.0 Å². The fourth-order valence-electron chi connectivity index (χ4n) is 2.32. The molecule has 2 N–H and O–H groups in total. The van der Waals surface area contributed by atoms with Crippen LogP contribution < -0.4 is 5.73 Å². The maximum absolute atomic E-state index is 6.03. The zero-order valence-electron chi connectivity index (χ0n) is 11.4. The Bertz CT molecular complexity index is 699. The lowest BCUT2D eigenvalue weighted by molar-refractivity contribution is 0.781. The van der Waals surface area contributed by atoms with E-state index in [2.05, 4.69) is 17.2 Å². The number of para-hydroxylation sites is 1. The molecule has 0 amide bonds. The third-order valence-electron chi connectivity index (χ3n) is 3.36. The molecule has 0 aliphatic carbocycles. The van der Waals surface area contributed by atoms with Crippen molar-refractivity contribution in [2.24, 2.45) is 5.73 Å². The van der Waals surface area contributed by atoms with Crippen molar-refractivity contribution in [3.63, 3.8) is 0 Å². The zero-order chi connectivity index (χ0) is 13.9. The smallest absolute Gasteiger partial charge is 0.0693 e. The van der Waals surface area contributed by atoms with E-state index in [9.17, 15) is 0 Å². The van der Waals surface area contributed by atoms with Gasteiger partial charge in [-0.25, -0.2) is 4.68 Å². The molecular formula is C17H17N3. The van der Waals surface area contributed by atoms with Crippen LogP contribution in [0.15, 0.2) is 67.0 Å². The van der Waals surface area contributed by atoms with Gasteiger partial charge in [-0.2, -0.15) is 5.10 Å². The minimum atomic E-state index is -0.0180. The highest BCUT2D eigenvalue weighted by Gasteiger charge is 2.09. The number of hydrogen-bond acceptors (Lipinski definition) is 2. The number of nitrogens with zero attached hydrogens (tertiary/aromatic N) is 2. The third kappa shape index (κ3) is 2.36. The van der Waals surface area contributed by atoms with E-state index in [-0.39, 0.29) is 6.04 Å². The van der Waals surface area contributed by atoms with Crippen LogP contribution in [0, 0.1) is 0 Å². The Labute approximate surface area is 118 Å². The van der Waals surface area contributed by atoms with Crippen LogP contribution >= 0.6 is 0 Å². The van der Waals surface area contributed by atoms with Gasteiger partial charge in [0.1, 0.15) is 0 Å². The van der Waals surface area contributed by atoms with E-state index in [1.54, 1.807) is 0 Å². The van der Waals surface area contributed by atoms with Crippen molar-refractivity contribution in [1.82, 2.24) is 9.78 Å². The van der Waals surface area contributed by atoms with Gasteiger partial charge < -0.3 is 5.73 Å². The first-order chi connectivity index (χ1) is 9.75. The highest BCUT2D eigenvalue weighted by molar-refractivity contribution is 5.62. The van der Waals surface area contributed by atoms with Gasteiger partial charge in [0.25, 0.3) is 0 Å². The lowest BCUT2D eigenvalue weighted by atomic mass is 10.1. The maximum Gasteiger partial charge on any atom is 0.0693 e. The Morgan fingerprint density at radius 3 is 2.40 bits per heavy atom. The number of rotatable bonds is 3. The summed E-state index contributed by atoms with van der Waals surface area (Å²) in [5, 5.41) is 4.47. The van der Waals surface area contributed by atoms with Crippen molar-refractivity contribution < 1.29 is 0 Å². The molecule has 0 spiro atoms. The summed E-state index contributed by atoms with van der Waals surface area (Å²) >= 11 is 0. The largest absolute Gasteiger partial charge is 0.324 e. The summed E-state index contributed by atoms with van der Waals surface area (Å²) in [6.45, 7) is 1.99. The van der Waals surface area contributed by atoms with Crippen LogP contribution in [0.4, 0.5) is 0 Å². The second kappa shape index (κ2) is 5.31. The first-order valence-electron chi connectivity index (χ1n) is 6.70. The normalized spacial score (nSPS) is 12.3. The molecule has 0 saturated carbocycles. The molecule has 0 fully saturated rings. The molecule has 100 valence electrons. The molecule has 2 aromatic carbocycles. The number of benzene rings is 2. The molecule has 1 atom stereocenters. The van der Waals surface area contributed by atoms with Gasteiger partial charge in [0.05, 0.1) is 11.9 Å². The molecule has 0 aliphatic heterocycles. The number of aromatic nitrogens is 2. The predicted octanol–water partition coefficient (Wildman–Crippen LogP) is 3.56. The van der Waals surface area contributed by atoms with Crippen LogP contribution in [0.25, 0.3) is 16.8 Å². The van der Waals surface area contributed by atoms with E-state index in [1.807, 2.05) is 66.5 Å². The highest BCUT2D eigenvalue weighted by atomic mass is 15.3. The van der Waals surface area contributed by atoms with Crippen LogP contribution in [0.2, 0.25) is 0 Å². The lowest BCUT2D eigenvalue weighted by Gasteiger charge is -2.12. The summed E-state index contributed by atoms with van der Waals surface area (Å²) in [7, 11) is 0. The lowest BCUT2D eigenvalue weighted by Crippen LogP contribution is -2.09. The van der Waals surface area contributed by atoms with Gasteiger partial charge in [0.15, 0.2) is 0 Å². The van der Waals surface area contributed by atoms with Crippen LogP contribution in [-0.2, 0) is 0 Å².